The molecule has 0 aliphatic carbocycles. The number of phenols is 1. The SMILES string of the molecule is COc1cc(/C=C2/C(=O)Nc3ccc(Br)cc32)cc(OC)c1O. The highest BCUT2D eigenvalue weighted by atomic mass is 79.9. The van der Waals surface area contributed by atoms with E-state index in [-0.39, 0.29) is 23.2 Å². The molecule has 0 saturated carbocycles. The van der Waals surface area contributed by atoms with Gasteiger partial charge < -0.3 is 19.9 Å². The van der Waals surface area contributed by atoms with Gasteiger partial charge in [-0.3, -0.25) is 4.79 Å². The largest absolute Gasteiger partial charge is 0.502 e. The average Bonchev–Trinajstić information content (AvgIpc) is 2.84. The number of rotatable bonds is 3. The molecule has 5 nitrogen and oxygen atoms in total. The van der Waals surface area contributed by atoms with Gasteiger partial charge in [-0.1, -0.05) is 15.9 Å². The molecule has 23 heavy (non-hydrogen) atoms. The average molecular weight is 376 g/mol. The van der Waals surface area contributed by atoms with E-state index in [1.54, 1.807) is 18.2 Å². The lowest BCUT2D eigenvalue weighted by molar-refractivity contribution is -0.110. The fraction of sp³-hybridized carbons (Fsp3) is 0.118. The Morgan fingerprint density at radius 3 is 2.39 bits per heavy atom. The first-order valence-electron chi connectivity index (χ1n) is 6.81. The summed E-state index contributed by atoms with van der Waals surface area (Å²) in [6.07, 6.45) is 1.73. The number of aromatic hydroxyl groups is 1. The maximum Gasteiger partial charge on any atom is 0.256 e. The molecule has 0 radical (unpaired) electrons. The summed E-state index contributed by atoms with van der Waals surface area (Å²) >= 11 is 3.41. The number of nitrogens with one attached hydrogen (secondary N) is 1. The highest BCUT2D eigenvalue weighted by molar-refractivity contribution is 9.10. The summed E-state index contributed by atoms with van der Waals surface area (Å²) in [7, 11) is 2.92. The molecule has 0 spiro atoms. The Bertz CT molecular complexity index is 804. The maximum atomic E-state index is 12.2. The minimum atomic E-state index is -0.177. The van der Waals surface area contributed by atoms with Gasteiger partial charge in [0.05, 0.1) is 14.2 Å². The lowest BCUT2D eigenvalue weighted by Gasteiger charge is -2.10. The molecule has 0 bridgehead atoms. The van der Waals surface area contributed by atoms with Crippen LogP contribution in [0.1, 0.15) is 11.1 Å². The van der Waals surface area contributed by atoms with E-state index in [0.29, 0.717) is 11.1 Å². The summed E-state index contributed by atoms with van der Waals surface area (Å²) in [5.74, 6) is 0.313. The molecular weight excluding hydrogens is 362 g/mol. The summed E-state index contributed by atoms with van der Waals surface area (Å²) in [6, 6.07) is 8.89. The molecule has 0 aromatic heterocycles. The summed E-state index contributed by atoms with van der Waals surface area (Å²) in [5, 5.41) is 12.8. The lowest BCUT2D eigenvalue weighted by Crippen LogP contribution is -2.03. The zero-order valence-electron chi connectivity index (χ0n) is 12.5. The molecule has 1 aliphatic rings. The smallest absolute Gasteiger partial charge is 0.256 e. The Morgan fingerprint density at radius 1 is 1.13 bits per heavy atom. The van der Waals surface area contributed by atoms with Crippen LogP contribution in [0, 0.1) is 0 Å². The number of halogens is 1. The Labute approximate surface area is 141 Å². The number of phenolic OH excluding ortho intramolecular Hbond substituents is 1. The molecule has 3 rings (SSSR count). The third kappa shape index (κ3) is 2.77. The van der Waals surface area contributed by atoms with Crippen molar-refractivity contribution >= 4 is 39.2 Å². The van der Waals surface area contributed by atoms with Crippen molar-refractivity contribution in [1.29, 1.82) is 0 Å². The van der Waals surface area contributed by atoms with E-state index in [1.165, 1.54) is 14.2 Å². The number of carbonyl (C=O) groups excluding carboxylic acids is 1. The highest BCUT2D eigenvalue weighted by Crippen LogP contribution is 2.40. The van der Waals surface area contributed by atoms with Gasteiger partial charge in [0.25, 0.3) is 5.91 Å². The Morgan fingerprint density at radius 2 is 1.78 bits per heavy atom. The molecule has 1 heterocycles. The molecule has 0 atom stereocenters. The van der Waals surface area contributed by atoms with Gasteiger partial charge in [0.1, 0.15) is 0 Å². The number of methoxy groups -OCH3 is 2. The number of hydrogen-bond acceptors (Lipinski definition) is 4. The predicted octanol–water partition coefficient (Wildman–Crippen LogP) is 3.66. The lowest BCUT2D eigenvalue weighted by atomic mass is 10.0. The topological polar surface area (TPSA) is 67.8 Å². The zero-order valence-corrected chi connectivity index (χ0v) is 14.1. The first-order valence-corrected chi connectivity index (χ1v) is 7.60. The van der Waals surface area contributed by atoms with E-state index in [4.69, 9.17) is 9.47 Å². The third-order valence-corrected chi connectivity index (χ3v) is 4.07. The second-order valence-electron chi connectivity index (χ2n) is 4.98. The summed E-state index contributed by atoms with van der Waals surface area (Å²) in [5.41, 5.74) is 2.81. The molecule has 1 aliphatic heterocycles. The number of hydrogen-bond donors (Lipinski definition) is 2. The van der Waals surface area contributed by atoms with Crippen LogP contribution in [0.25, 0.3) is 11.6 Å². The minimum Gasteiger partial charge on any atom is -0.502 e. The number of carbonyl (C=O) groups is 1. The molecule has 0 fully saturated rings. The van der Waals surface area contributed by atoms with E-state index in [0.717, 1.165) is 15.7 Å². The molecule has 0 saturated heterocycles. The molecular formula is C17H14BrNO4. The fourth-order valence-electron chi connectivity index (χ4n) is 2.47. The number of fused-ring (bicyclic) bond motifs is 1. The van der Waals surface area contributed by atoms with Gasteiger partial charge in [-0.2, -0.15) is 0 Å². The van der Waals surface area contributed by atoms with Gasteiger partial charge in [0, 0.05) is 21.3 Å². The number of amides is 1. The summed E-state index contributed by atoms with van der Waals surface area (Å²) in [4.78, 5) is 12.2. The molecule has 1 amide bonds. The van der Waals surface area contributed by atoms with Crippen molar-refractivity contribution in [2.75, 3.05) is 19.5 Å². The molecule has 0 unspecified atom stereocenters. The van der Waals surface area contributed by atoms with Crippen LogP contribution in [0.2, 0.25) is 0 Å². The fourth-order valence-corrected chi connectivity index (χ4v) is 2.83. The summed E-state index contributed by atoms with van der Waals surface area (Å²) < 4.78 is 11.2. The van der Waals surface area contributed by atoms with Gasteiger partial charge in [0.2, 0.25) is 5.75 Å². The van der Waals surface area contributed by atoms with Crippen molar-refractivity contribution in [3.8, 4) is 17.2 Å². The first-order chi connectivity index (χ1) is 11.0. The zero-order chi connectivity index (χ0) is 16.6. The second-order valence-corrected chi connectivity index (χ2v) is 5.89. The van der Waals surface area contributed by atoms with E-state index in [2.05, 4.69) is 21.2 Å². The van der Waals surface area contributed by atoms with Crippen molar-refractivity contribution in [2.45, 2.75) is 0 Å². The molecule has 118 valence electrons. The molecule has 2 aromatic carbocycles. The van der Waals surface area contributed by atoms with Crippen LogP contribution in [0.4, 0.5) is 5.69 Å². The van der Waals surface area contributed by atoms with E-state index in [1.807, 2.05) is 18.2 Å². The van der Waals surface area contributed by atoms with Crippen LogP contribution in [-0.2, 0) is 4.79 Å². The Hall–Kier alpha value is -2.47. The van der Waals surface area contributed by atoms with Gasteiger partial charge in [-0.05, 0) is 42.0 Å². The number of ether oxygens (including phenoxy) is 2. The van der Waals surface area contributed by atoms with Gasteiger partial charge >= 0.3 is 0 Å². The standard InChI is InChI=1S/C17H14BrNO4/c1-22-14-6-9(7-15(23-2)16(14)20)5-12-11-8-10(18)3-4-13(11)19-17(12)21/h3-8,20H,1-2H3,(H,19,21)/b12-5+. The minimum absolute atomic E-state index is 0.0730. The maximum absolute atomic E-state index is 12.2. The van der Waals surface area contributed by atoms with Gasteiger partial charge in [-0.25, -0.2) is 0 Å². The van der Waals surface area contributed by atoms with E-state index >= 15 is 0 Å². The van der Waals surface area contributed by atoms with Crippen molar-refractivity contribution < 1.29 is 19.4 Å². The van der Waals surface area contributed by atoms with Gasteiger partial charge in [-0.15, -0.1) is 0 Å². The first kappa shape index (κ1) is 15.4. The molecule has 2 N–H and O–H groups in total. The normalized spacial score (nSPS) is 14.6. The number of anilines is 1. The Kier molecular flexibility index (Phi) is 4.00. The van der Waals surface area contributed by atoms with Crippen molar-refractivity contribution in [3.05, 3.63) is 45.9 Å². The van der Waals surface area contributed by atoms with Crippen LogP contribution in [-0.4, -0.2) is 25.2 Å². The van der Waals surface area contributed by atoms with Crippen LogP contribution < -0.4 is 14.8 Å². The summed E-state index contributed by atoms with van der Waals surface area (Å²) in [6.45, 7) is 0. The quantitative estimate of drug-likeness (QED) is 0.803. The third-order valence-electron chi connectivity index (χ3n) is 3.58. The van der Waals surface area contributed by atoms with Crippen LogP contribution >= 0.6 is 15.9 Å². The van der Waals surface area contributed by atoms with Crippen molar-refractivity contribution in [1.82, 2.24) is 0 Å². The molecule has 2 aromatic rings. The monoisotopic (exact) mass is 375 g/mol. The predicted molar refractivity (Wildman–Crippen MR) is 91.9 cm³/mol. The molecule has 6 heteroatoms. The number of benzene rings is 2. The Balaban J connectivity index is 2.13. The highest BCUT2D eigenvalue weighted by Gasteiger charge is 2.24. The van der Waals surface area contributed by atoms with Crippen molar-refractivity contribution in [3.63, 3.8) is 0 Å². The van der Waals surface area contributed by atoms with Crippen LogP contribution in [0.15, 0.2) is 34.8 Å². The van der Waals surface area contributed by atoms with Crippen LogP contribution in [0.5, 0.6) is 17.2 Å². The van der Waals surface area contributed by atoms with Crippen LogP contribution in [0.3, 0.4) is 0 Å². The van der Waals surface area contributed by atoms with Gasteiger partial charge in [0.15, 0.2) is 11.5 Å². The van der Waals surface area contributed by atoms with Crippen molar-refractivity contribution in [2.24, 2.45) is 0 Å². The second kappa shape index (κ2) is 5.96. The van der Waals surface area contributed by atoms with E-state index in [9.17, 15) is 9.90 Å². The van der Waals surface area contributed by atoms with E-state index < -0.39 is 0 Å².